The van der Waals surface area contributed by atoms with Gasteiger partial charge in [0.25, 0.3) is 0 Å². The molecule has 0 aliphatic carbocycles. The summed E-state index contributed by atoms with van der Waals surface area (Å²) in [5.74, 6) is 4.87. The number of nitrogens with zero attached hydrogens (tertiary/aromatic N) is 1. The Hall–Kier alpha value is -0.350. The van der Waals surface area contributed by atoms with Crippen molar-refractivity contribution in [2.45, 2.75) is 12.2 Å². The molecule has 1 aromatic rings. The number of hydrogen-bond donors (Lipinski definition) is 1. The predicted molar refractivity (Wildman–Crippen MR) is 71.0 cm³/mol. The Kier molecular flexibility index (Phi) is 4.20. The van der Waals surface area contributed by atoms with Gasteiger partial charge in [-0.05, 0) is 24.6 Å². The number of pyridine rings is 1. The van der Waals surface area contributed by atoms with E-state index < -0.39 is 0 Å². The van der Waals surface area contributed by atoms with Gasteiger partial charge in [-0.25, -0.2) is 4.98 Å². The molecule has 82 valence electrons. The summed E-state index contributed by atoms with van der Waals surface area (Å²) in [6, 6.07) is 4.12. The van der Waals surface area contributed by atoms with Crippen molar-refractivity contribution in [1.82, 2.24) is 4.98 Å². The van der Waals surface area contributed by atoms with Gasteiger partial charge in [-0.3, -0.25) is 0 Å². The van der Waals surface area contributed by atoms with Crippen molar-refractivity contribution in [3.8, 4) is 0 Å². The van der Waals surface area contributed by atoms with Crippen LogP contribution in [0.3, 0.4) is 0 Å². The van der Waals surface area contributed by atoms with Crippen LogP contribution in [0.4, 0.5) is 5.82 Å². The molecule has 1 aliphatic heterocycles. The van der Waals surface area contributed by atoms with Crippen LogP contribution in [0.2, 0.25) is 0 Å². The minimum atomic E-state index is 0.742. The van der Waals surface area contributed by atoms with Crippen molar-refractivity contribution in [1.29, 1.82) is 0 Å². The molecule has 1 atom stereocenters. The minimum Gasteiger partial charge on any atom is -0.369 e. The molecule has 1 aromatic heterocycles. The van der Waals surface area contributed by atoms with Crippen LogP contribution in [0.1, 0.15) is 5.56 Å². The van der Waals surface area contributed by atoms with Gasteiger partial charge in [0.2, 0.25) is 0 Å². The van der Waals surface area contributed by atoms with E-state index in [1.165, 1.54) is 22.8 Å². The zero-order chi connectivity index (χ0) is 10.5. The summed E-state index contributed by atoms with van der Waals surface area (Å²) >= 11 is 4.14. The van der Waals surface area contributed by atoms with Crippen molar-refractivity contribution >= 4 is 29.3 Å². The highest BCUT2D eigenvalue weighted by Crippen LogP contribution is 2.24. The standard InChI is InChI=1S/C11H16N2S2/c1-9-2-3-12-11(6-9)13-7-10-8-14-4-5-15-10/h2-3,6,10H,4-5,7-8H2,1H3,(H,12,13). The Morgan fingerprint density at radius 3 is 3.20 bits per heavy atom. The summed E-state index contributed by atoms with van der Waals surface area (Å²) in [7, 11) is 0. The fourth-order valence-electron chi connectivity index (χ4n) is 1.51. The molecule has 2 nitrogen and oxygen atoms in total. The first-order chi connectivity index (χ1) is 7.34. The molecule has 0 spiro atoms. The first-order valence-corrected chi connectivity index (χ1v) is 7.41. The fraction of sp³-hybridized carbons (Fsp3) is 0.545. The third kappa shape index (κ3) is 3.61. The highest BCUT2D eigenvalue weighted by molar-refractivity contribution is 8.06. The van der Waals surface area contributed by atoms with Crippen LogP contribution in [0.25, 0.3) is 0 Å². The lowest BCUT2D eigenvalue weighted by atomic mass is 10.3. The highest BCUT2D eigenvalue weighted by atomic mass is 32.2. The Balaban J connectivity index is 1.81. The van der Waals surface area contributed by atoms with Gasteiger partial charge in [0, 0.05) is 35.3 Å². The Labute approximate surface area is 99.6 Å². The third-order valence-electron chi connectivity index (χ3n) is 2.31. The van der Waals surface area contributed by atoms with Crippen LogP contribution in [0.15, 0.2) is 18.3 Å². The summed E-state index contributed by atoms with van der Waals surface area (Å²) < 4.78 is 0. The molecule has 0 radical (unpaired) electrons. The number of aryl methyl sites for hydroxylation is 1. The van der Waals surface area contributed by atoms with E-state index in [0.29, 0.717) is 0 Å². The maximum atomic E-state index is 4.30. The van der Waals surface area contributed by atoms with Crippen LogP contribution in [0, 0.1) is 6.92 Å². The highest BCUT2D eigenvalue weighted by Gasteiger charge is 2.13. The van der Waals surface area contributed by atoms with E-state index in [1.807, 2.05) is 12.3 Å². The zero-order valence-electron chi connectivity index (χ0n) is 8.90. The van der Waals surface area contributed by atoms with Crippen LogP contribution in [-0.2, 0) is 0 Å². The molecule has 1 fully saturated rings. The monoisotopic (exact) mass is 240 g/mol. The average Bonchev–Trinajstić information content (AvgIpc) is 2.28. The van der Waals surface area contributed by atoms with Gasteiger partial charge in [0.1, 0.15) is 5.82 Å². The minimum absolute atomic E-state index is 0.742. The molecular formula is C11H16N2S2. The summed E-state index contributed by atoms with van der Waals surface area (Å²) in [4.78, 5) is 4.30. The zero-order valence-corrected chi connectivity index (χ0v) is 10.5. The normalized spacial score (nSPS) is 21.3. The van der Waals surface area contributed by atoms with Crippen molar-refractivity contribution in [2.24, 2.45) is 0 Å². The van der Waals surface area contributed by atoms with E-state index >= 15 is 0 Å². The second kappa shape index (κ2) is 5.66. The number of anilines is 1. The molecule has 4 heteroatoms. The van der Waals surface area contributed by atoms with Crippen molar-refractivity contribution < 1.29 is 0 Å². The molecule has 0 aromatic carbocycles. The average molecular weight is 240 g/mol. The van der Waals surface area contributed by atoms with Crippen LogP contribution in [0.5, 0.6) is 0 Å². The lowest BCUT2D eigenvalue weighted by Crippen LogP contribution is -2.23. The molecule has 1 saturated heterocycles. The van der Waals surface area contributed by atoms with E-state index in [0.717, 1.165) is 17.6 Å². The quantitative estimate of drug-likeness (QED) is 0.878. The smallest absolute Gasteiger partial charge is 0.126 e. The van der Waals surface area contributed by atoms with Gasteiger partial charge >= 0.3 is 0 Å². The lowest BCUT2D eigenvalue weighted by Gasteiger charge is -2.21. The maximum absolute atomic E-state index is 4.30. The van der Waals surface area contributed by atoms with Gasteiger partial charge in [-0.2, -0.15) is 23.5 Å². The summed E-state index contributed by atoms with van der Waals surface area (Å²) in [5.41, 5.74) is 1.26. The Morgan fingerprint density at radius 2 is 2.47 bits per heavy atom. The fourth-order valence-corrected chi connectivity index (χ4v) is 4.12. The Bertz CT molecular complexity index is 311. The summed E-state index contributed by atoms with van der Waals surface area (Å²) in [6.45, 7) is 3.13. The molecule has 15 heavy (non-hydrogen) atoms. The second-order valence-electron chi connectivity index (χ2n) is 3.67. The molecule has 2 heterocycles. The molecule has 0 saturated carbocycles. The maximum Gasteiger partial charge on any atom is 0.126 e. The van der Waals surface area contributed by atoms with Gasteiger partial charge in [-0.15, -0.1) is 0 Å². The van der Waals surface area contributed by atoms with Crippen molar-refractivity contribution in [2.75, 3.05) is 29.1 Å². The number of rotatable bonds is 3. The van der Waals surface area contributed by atoms with Crippen molar-refractivity contribution in [3.05, 3.63) is 23.9 Å². The van der Waals surface area contributed by atoms with E-state index in [9.17, 15) is 0 Å². The number of hydrogen-bond acceptors (Lipinski definition) is 4. The van der Waals surface area contributed by atoms with Crippen molar-refractivity contribution in [3.63, 3.8) is 0 Å². The van der Waals surface area contributed by atoms with E-state index in [4.69, 9.17) is 0 Å². The summed E-state index contributed by atoms with van der Waals surface area (Å²) in [5, 5.41) is 4.15. The van der Waals surface area contributed by atoms with Gasteiger partial charge in [0.15, 0.2) is 0 Å². The Morgan fingerprint density at radius 1 is 1.53 bits per heavy atom. The number of nitrogens with one attached hydrogen (secondary N) is 1. The molecule has 1 unspecified atom stereocenters. The lowest BCUT2D eigenvalue weighted by molar-refractivity contribution is 0.992. The largest absolute Gasteiger partial charge is 0.369 e. The number of thioether (sulfide) groups is 2. The van der Waals surface area contributed by atoms with E-state index in [-0.39, 0.29) is 0 Å². The predicted octanol–water partition coefficient (Wildman–Crippen LogP) is 2.65. The number of aromatic nitrogens is 1. The first kappa shape index (κ1) is 11.1. The SMILES string of the molecule is Cc1ccnc(NCC2CSCCS2)c1. The topological polar surface area (TPSA) is 24.9 Å². The molecule has 0 bridgehead atoms. The second-order valence-corrected chi connectivity index (χ2v) is 6.23. The van der Waals surface area contributed by atoms with Crippen LogP contribution < -0.4 is 5.32 Å². The third-order valence-corrected chi connectivity index (χ3v) is 5.16. The summed E-state index contributed by atoms with van der Waals surface area (Å²) in [6.07, 6.45) is 1.86. The van der Waals surface area contributed by atoms with Gasteiger partial charge in [-0.1, -0.05) is 0 Å². The van der Waals surface area contributed by atoms with E-state index in [2.05, 4.69) is 46.8 Å². The first-order valence-electron chi connectivity index (χ1n) is 5.20. The molecule has 1 aliphatic rings. The van der Waals surface area contributed by atoms with Crippen LogP contribution >= 0.6 is 23.5 Å². The molecule has 0 amide bonds. The van der Waals surface area contributed by atoms with Gasteiger partial charge < -0.3 is 5.32 Å². The molecule has 2 rings (SSSR count). The van der Waals surface area contributed by atoms with Gasteiger partial charge in [0.05, 0.1) is 0 Å². The van der Waals surface area contributed by atoms with Crippen LogP contribution in [-0.4, -0.2) is 34.0 Å². The molecule has 1 N–H and O–H groups in total. The molecular weight excluding hydrogens is 224 g/mol. The van der Waals surface area contributed by atoms with E-state index in [1.54, 1.807) is 0 Å².